The molecule has 2 heterocycles. The van der Waals surface area contributed by atoms with E-state index in [0.717, 1.165) is 16.3 Å². The van der Waals surface area contributed by atoms with Gasteiger partial charge in [-0.15, -0.1) is 16.4 Å². The highest BCUT2D eigenvalue weighted by molar-refractivity contribution is 7.99. The van der Waals surface area contributed by atoms with Gasteiger partial charge in [0, 0.05) is 10.8 Å². The van der Waals surface area contributed by atoms with Crippen LogP contribution in [0.5, 0.6) is 0 Å². The largest absolute Gasteiger partial charge is 0.388 e. The summed E-state index contributed by atoms with van der Waals surface area (Å²) in [4.78, 5) is 5.46. The summed E-state index contributed by atoms with van der Waals surface area (Å²) in [6, 6.07) is 11.1. The molecule has 0 saturated carbocycles. The molecule has 4 nitrogen and oxygen atoms in total. The van der Waals surface area contributed by atoms with Crippen LogP contribution in [-0.2, 0) is 0 Å². The molecule has 0 fully saturated rings. The summed E-state index contributed by atoms with van der Waals surface area (Å²) < 4.78 is 0. The lowest BCUT2D eigenvalue weighted by atomic mass is 10.1. The third-order valence-corrected chi connectivity index (χ3v) is 4.90. The van der Waals surface area contributed by atoms with Gasteiger partial charge >= 0.3 is 0 Å². The number of aliphatic hydroxyl groups is 1. The summed E-state index contributed by atoms with van der Waals surface area (Å²) in [7, 11) is 0. The Hall–Kier alpha value is -1.34. The fourth-order valence-corrected chi connectivity index (χ4v) is 3.32. The summed E-state index contributed by atoms with van der Waals surface area (Å²) in [6.45, 7) is 0. The van der Waals surface area contributed by atoms with Crippen LogP contribution in [-0.4, -0.2) is 26.0 Å². The number of aromatic nitrogens is 3. The minimum absolute atomic E-state index is 0.489. The SMILES string of the molecule is OC(CSc1n[nH]c(-c2cccs2)n1)c1ccc(Cl)cc1. The van der Waals surface area contributed by atoms with Gasteiger partial charge in [-0.2, -0.15) is 0 Å². The maximum atomic E-state index is 10.1. The van der Waals surface area contributed by atoms with Gasteiger partial charge in [-0.25, -0.2) is 4.98 Å². The van der Waals surface area contributed by atoms with Gasteiger partial charge < -0.3 is 5.11 Å². The van der Waals surface area contributed by atoms with Gasteiger partial charge in [-0.1, -0.05) is 41.6 Å². The van der Waals surface area contributed by atoms with Crippen molar-refractivity contribution in [2.24, 2.45) is 0 Å². The first kappa shape index (κ1) is 14.6. The van der Waals surface area contributed by atoms with Gasteiger partial charge in [0.2, 0.25) is 5.16 Å². The van der Waals surface area contributed by atoms with Crippen LogP contribution in [0.2, 0.25) is 5.02 Å². The van der Waals surface area contributed by atoms with Gasteiger partial charge in [0.25, 0.3) is 0 Å². The minimum atomic E-state index is -0.573. The molecule has 1 atom stereocenters. The Morgan fingerprint density at radius 1 is 1.29 bits per heavy atom. The van der Waals surface area contributed by atoms with Crippen molar-refractivity contribution in [2.75, 3.05) is 5.75 Å². The van der Waals surface area contributed by atoms with Crippen LogP contribution in [0.25, 0.3) is 10.7 Å². The normalized spacial score (nSPS) is 12.5. The molecular formula is C14H12ClN3OS2. The maximum absolute atomic E-state index is 10.1. The van der Waals surface area contributed by atoms with Crippen molar-refractivity contribution < 1.29 is 5.11 Å². The third-order valence-electron chi connectivity index (χ3n) is 2.84. The molecule has 0 aliphatic rings. The number of benzene rings is 1. The van der Waals surface area contributed by atoms with Crippen LogP contribution in [0, 0.1) is 0 Å². The number of nitrogens with zero attached hydrogens (tertiary/aromatic N) is 2. The van der Waals surface area contributed by atoms with Gasteiger partial charge in [0.05, 0.1) is 11.0 Å². The summed E-state index contributed by atoms with van der Waals surface area (Å²) in [5, 5.41) is 20.5. The molecule has 0 aliphatic carbocycles. The third kappa shape index (κ3) is 3.65. The maximum Gasteiger partial charge on any atom is 0.208 e. The van der Waals surface area contributed by atoms with E-state index in [9.17, 15) is 5.11 Å². The van der Waals surface area contributed by atoms with Crippen LogP contribution in [0.3, 0.4) is 0 Å². The molecule has 1 aromatic carbocycles. The molecule has 21 heavy (non-hydrogen) atoms. The highest BCUT2D eigenvalue weighted by Gasteiger charge is 2.11. The van der Waals surface area contributed by atoms with E-state index in [-0.39, 0.29) is 0 Å². The van der Waals surface area contributed by atoms with Crippen LogP contribution >= 0.6 is 34.7 Å². The Bertz CT molecular complexity index is 697. The number of aromatic amines is 1. The zero-order valence-corrected chi connectivity index (χ0v) is 13.3. The van der Waals surface area contributed by atoms with Crippen molar-refractivity contribution in [3.05, 3.63) is 52.4 Å². The second kappa shape index (κ2) is 6.62. The minimum Gasteiger partial charge on any atom is -0.388 e. The van der Waals surface area contributed by atoms with E-state index < -0.39 is 6.10 Å². The first-order valence-electron chi connectivity index (χ1n) is 6.25. The van der Waals surface area contributed by atoms with E-state index in [1.54, 1.807) is 23.5 Å². The van der Waals surface area contributed by atoms with E-state index in [1.807, 2.05) is 29.6 Å². The Morgan fingerprint density at radius 3 is 2.81 bits per heavy atom. The molecule has 0 aliphatic heterocycles. The quantitative estimate of drug-likeness (QED) is 0.690. The monoisotopic (exact) mass is 337 g/mol. The molecule has 0 radical (unpaired) electrons. The zero-order valence-electron chi connectivity index (χ0n) is 10.9. The Balaban J connectivity index is 1.61. The molecule has 0 bridgehead atoms. The second-order valence-corrected chi connectivity index (χ2v) is 6.69. The predicted octanol–water partition coefficient (Wildman–Crippen LogP) is 4.01. The van der Waals surface area contributed by atoms with E-state index in [0.29, 0.717) is 15.9 Å². The number of thioether (sulfide) groups is 1. The number of hydrogen-bond acceptors (Lipinski definition) is 5. The topological polar surface area (TPSA) is 61.8 Å². The summed E-state index contributed by atoms with van der Waals surface area (Å²) in [5.74, 6) is 1.25. The first-order valence-corrected chi connectivity index (χ1v) is 8.49. The van der Waals surface area contributed by atoms with Crippen LogP contribution in [0.4, 0.5) is 0 Å². The molecule has 0 spiro atoms. The van der Waals surface area contributed by atoms with Crippen LogP contribution < -0.4 is 0 Å². The predicted molar refractivity (Wildman–Crippen MR) is 86.8 cm³/mol. The molecule has 0 amide bonds. The molecule has 108 valence electrons. The molecular weight excluding hydrogens is 326 g/mol. The summed E-state index contributed by atoms with van der Waals surface area (Å²) in [6.07, 6.45) is -0.573. The summed E-state index contributed by atoms with van der Waals surface area (Å²) in [5.41, 5.74) is 0.834. The standard InChI is InChI=1S/C14H12ClN3OS2/c15-10-5-3-9(4-6-10)11(19)8-21-14-16-13(17-18-14)12-2-1-7-20-12/h1-7,11,19H,8H2,(H,16,17,18). The number of hydrogen-bond donors (Lipinski definition) is 2. The van der Waals surface area contributed by atoms with Crippen LogP contribution in [0.1, 0.15) is 11.7 Å². The highest BCUT2D eigenvalue weighted by Crippen LogP contribution is 2.26. The lowest BCUT2D eigenvalue weighted by molar-refractivity contribution is 0.204. The number of nitrogens with one attached hydrogen (secondary N) is 1. The Kier molecular flexibility index (Phi) is 4.60. The molecule has 2 aromatic heterocycles. The van der Waals surface area contributed by atoms with E-state index in [2.05, 4.69) is 15.2 Å². The molecule has 1 unspecified atom stereocenters. The average Bonchev–Trinajstić information content (AvgIpc) is 3.16. The fraction of sp³-hybridized carbons (Fsp3) is 0.143. The van der Waals surface area contributed by atoms with Gasteiger partial charge in [0.15, 0.2) is 5.82 Å². The second-order valence-electron chi connectivity index (χ2n) is 4.32. The van der Waals surface area contributed by atoms with Crippen molar-refractivity contribution in [1.82, 2.24) is 15.2 Å². The first-order chi connectivity index (χ1) is 10.2. The highest BCUT2D eigenvalue weighted by atomic mass is 35.5. The van der Waals surface area contributed by atoms with E-state index in [4.69, 9.17) is 11.6 Å². The van der Waals surface area contributed by atoms with Crippen molar-refractivity contribution in [3.8, 4) is 10.7 Å². The number of halogens is 1. The summed E-state index contributed by atoms with van der Waals surface area (Å²) >= 11 is 8.85. The molecule has 3 rings (SSSR count). The number of thiophene rings is 1. The zero-order chi connectivity index (χ0) is 14.7. The van der Waals surface area contributed by atoms with Crippen molar-refractivity contribution >= 4 is 34.7 Å². The van der Waals surface area contributed by atoms with Crippen molar-refractivity contribution in [3.63, 3.8) is 0 Å². The van der Waals surface area contributed by atoms with Crippen molar-refractivity contribution in [2.45, 2.75) is 11.3 Å². The Morgan fingerprint density at radius 2 is 2.10 bits per heavy atom. The number of rotatable bonds is 5. The fourth-order valence-electron chi connectivity index (χ4n) is 1.77. The number of H-pyrrole nitrogens is 1. The molecule has 0 saturated heterocycles. The average molecular weight is 338 g/mol. The molecule has 3 aromatic rings. The van der Waals surface area contributed by atoms with E-state index >= 15 is 0 Å². The van der Waals surface area contributed by atoms with Gasteiger partial charge in [-0.3, -0.25) is 5.10 Å². The van der Waals surface area contributed by atoms with Gasteiger partial charge in [0.1, 0.15) is 0 Å². The number of aliphatic hydroxyl groups excluding tert-OH is 1. The van der Waals surface area contributed by atoms with Crippen molar-refractivity contribution in [1.29, 1.82) is 0 Å². The van der Waals surface area contributed by atoms with E-state index in [1.165, 1.54) is 11.8 Å². The van der Waals surface area contributed by atoms with Gasteiger partial charge in [-0.05, 0) is 29.1 Å². The Labute approximate surface area is 135 Å². The van der Waals surface area contributed by atoms with Crippen LogP contribution in [0.15, 0.2) is 46.9 Å². The molecule has 2 N–H and O–H groups in total. The smallest absolute Gasteiger partial charge is 0.208 e. The lowest BCUT2D eigenvalue weighted by Crippen LogP contribution is -2.00. The molecule has 7 heteroatoms. The lowest BCUT2D eigenvalue weighted by Gasteiger charge is -2.09.